The quantitative estimate of drug-likeness (QED) is 0.823. The largest absolute Gasteiger partial charge is 0.467 e. The zero-order valence-electron chi connectivity index (χ0n) is 11.1. The fraction of sp³-hybridized carbons (Fsp3) is 0.231. The number of ether oxygens (including phenoxy) is 1. The molecule has 104 valence electrons. The second-order valence-electron chi connectivity index (χ2n) is 4.09. The first-order valence-electron chi connectivity index (χ1n) is 5.95. The SMILES string of the molecule is COC(=O)C(C)NC(=O)c1ccc(-n2ccnc2)nc1. The molecule has 0 fully saturated rings. The molecule has 1 amide bonds. The Labute approximate surface area is 115 Å². The van der Waals surface area contributed by atoms with E-state index in [9.17, 15) is 9.59 Å². The van der Waals surface area contributed by atoms with Crippen molar-refractivity contribution in [3.63, 3.8) is 0 Å². The van der Waals surface area contributed by atoms with Gasteiger partial charge in [-0.1, -0.05) is 0 Å². The minimum atomic E-state index is -0.708. The highest BCUT2D eigenvalue weighted by molar-refractivity contribution is 5.96. The molecule has 0 aliphatic carbocycles. The number of carbonyl (C=O) groups is 2. The lowest BCUT2D eigenvalue weighted by molar-refractivity contribution is -0.142. The van der Waals surface area contributed by atoms with Crippen LogP contribution < -0.4 is 5.32 Å². The Hall–Kier alpha value is -2.70. The van der Waals surface area contributed by atoms with Gasteiger partial charge in [-0.3, -0.25) is 9.36 Å². The number of pyridine rings is 1. The third kappa shape index (κ3) is 3.00. The van der Waals surface area contributed by atoms with Crippen LogP contribution in [0.25, 0.3) is 5.82 Å². The predicted octanol–water partition coefficient (Wildman–Crippen LogP) is 0.559. The zero-order valence-corrected chi connectivity index (χ0v) is 11.1. The minimum absolute atomic E-state index is 0.365. The van der Waals surface area contributed by atoms with Gasteiger partial charge in [0.1, 0.15) is 18.2 Å². The summed E-state index contributed by atoms with van der Waals surface area (Å²) in [5.41, 5.74) is 0.365. The highest BCUT2D eigenvalue weighted by atomic mass is 16.5. The maximum absolute atomic E-state index is 11.9. The number of carbonyl (C=O) groups excluding carboxylic acids is 2. The summed E-state index contributed by atoms with van der Waals surface area (Å²) < 4.78 is 6.26. The molecule has 2 aromatic rings. The highest BCUT2D eigenvalue weighted by Crippen LogP contribution is 2.05. The van der Waals surface area contributed by atoms with Gasteiger partial charge in [0.05, 0.1) is 12.7 Å². The van der Waals surface area contributed by atoms with Crippen molar-refractivity contribution in [3.05, 3.63) is 42.6 Å². The molecule has 0 radical (unpaired) electrons. The maximum Gasteiger partial charge on any atom is 0.328 e. The molecule has 0 saturated heterocycles. The summed E-state index contributed by atoms with van der Waals surface area (Å²) in [5.74, 6) is -0.228. The molecule has 7 heteroatoms. The van der Waals surface area contributed by atoms with Gasteiger partial charge in [-0.2, -0.15) is 0 Å². The molecule has 0 aliphatic heterocycles. The van der Waals surface area contributed by atoms with Crippen LogP contribution in [0.3, 0.4) is 0 Å². The summed E-state index contributed by atoms with van der Waals surface area (Å²) in [6.07, 6.45) is 6.44. The van der Waals surface area contributed by atoms with Crippen molar-refractivity contribution < 1.29 is 14.3 Å². The van der Waals surface area contributed by atoms with Crippen molar-refractivity contribution in [2.24, 2.45) is 0 Å². The number of rotatable bonds is 4. The van der Waals surface area contributed by atoms with Gasteiger partial charge in [-0.25, -0.2) is 14.8 Å². The van der Waals surface area contributed by atoms with E-state index in [1.54, 1.807) is 42.3 Å². The summed E-state index contributed by atoms with van der Waals surface area (Å²) in [5, 5.41) is 2.53. The van der Waals surface area contributed by atoms with E-state index in [2.05, 4.69) is 20.0 Å². The fourth-order valence-electron chi connectivity index (χ4n) is 1.58. The summed E-state index contributed by atoms with van der Waals surface area (Å²) in [4.78, 5) is 31.2. The number of nitrogens with zero attached hydrogens (tertiary/aromatic N) is 3. The van der Waals surface area contributed by atoms with Gasteiger partial charge in [0.2, 0.25) is 0 Å². The zero-order chi connectivity index (χ0) is 14.5. The molecule has 0 aliphatic rings. The summed E-state index contributed by atoms with van der Waals surface area (Å²) in [6.45, 7) is 1.55. The predicted molar refractivity (Wildman–Crippen MR) is 70.3 cm³/mol. The lowest BCUT2D eigenvalue weighted by atomic mass is 10.2. The van der Waals surface area contributed by atoms with Gasteiger partial charge in [0.25, 0.3) is 5.91 Å². The molecule has 20 heavy (non-hydrogen) atoms. The minimum Gasteiger partial charge on any atom is -0.467 e. The average Bonchev–Trinajstić information content (AvgIpc) is 3.00. The van der Waals surface area contributed by atoms with Gasteiger partial charge in [0, 0.05) is 18.6 Å². The molecule has 0 spiro atoms. The molecule has 2 heterocycles. The lowest BCUT2D eigenvalue weighted by Gasteiger charge is -2.11. The summed E-state index contributed by atoms with van der Waals surface area (Å²) in [6, 6.07) is 2.61. The van der Waals surface area contributed by atoms with Crippen molar-refractivity contribution in [3.8, 4) is 5.82 Å². The summed E-state index contributed by atoms with van der Waals surface area (Å²) >= 11 is 0. The number of hydrogen-bond acceptors (Lipinski definition) is 5. The van der Waals surface area contributed by atoms with E-state index < -0.39 is 12.0 Å². The van der Waals surface area contributed by atoms with E-state index in [1.165, 1.54) is 13.3 Å². The van der Waals surface area contributed by atoms with Crippen molar-refractivity contribution in [2.45, 2.75) is 13.0 Å². The third-order valence-electron chi connectivity index (χ3n) is 2.68. The molecule has 1 N–H and O–H groups in total. The van der Waals surface area contributed by atoms with Crippen LogP contribution in [0.15, 0.2) is 37.1 Å². The molecular weight excluding hydrogens is 260 g/mol. The first kappa shape index (κ1) is 13.7. The standard InChI is InChI=1S/C13H14N4O3/c1-9(13(19)20-2)16-12(18)10-3-4-11(15-7-10)17-6-5-14-8-17/h3-9H,1-2H3,(H,16,18). The van der Waals surface area contributed by atoms with Crippen molar-refractivity contribution >= 4 is 11.9 Å². The molecule has 0 aromatic carbocycles. The van der Waals surface area contributed by atoms with Gasteiger partial charge in [0.15, 0.2) is 0 Å². The van der Waals surface area contributed by atoms with E-state index in [0.29, 0.717) is 11.4 Å². The first-order chi connectivity index (χ1) is 9.61. The Balaban J connectivity index is 2.06. The van der Waals surface area contributed by atoms with Crippen LogP contribution in [0.2, 0.25) is 0 Å². The van der Waals surface area contributed by atoms with Crippen LogP contribution in [0.5, 0.6) is 0 Å². The van der Waals surface area contributed by atoms with Gasteiger partial charge >= 0.3 is 5.97 Å². The highest BCUT2D eigenvalue weighted by Gasteiger charge is 2.17. The molecule has 2 rings (SSSR count). The Morgan fingerprint density at radius 2 is 2.20 bits per heavy atom. The monoisotopic (exact) mass is 274 g/mol. The van der Waals surface area contributed by atoms with Gasteiger partial charge in [-0.15, -0.1) is 0 Å². The van der Waals surface area contributed by atoms with Gasteiger partial charge < -0.3 is 10.1 Å². The second kappa shape index (κ2) is 5.96. The lowest BCUT2D eigenvalue weighted by Crippen LogP contribution is -2.39. The van der Waals surface area contributed by atoms with Crippen LogP contribution >= 0.6 is 0 Å². The maximum atomic E-state index is 11.9. The van der Waals surface area contributed by atoms with Crippen LogP contribution in [0.4, 0.5) is 0 Å². The molecule has 7 nitrogen and oxygen atoms in total. The van der Waals surface area contributed by atoms with Crippen LogP contribution in [0.1, 0.15) is 17.3 Å². The Morgan fingerprint density at radius 3 is 2.75 bits per heavy atom. The smallest absolute Gasteiger partial charge is 0.328 e. The van der Waals surface area contributed by atoms with Crippen LogP contribution in [-0.2, 0) is 9.53 Å². The van der Waals surface area contributed by atoms with Crippen molar-refractivity contribution in [1.82, 2.24) is 19.9 Å². The molecule has 0 saturated carbocycles. The topological polar surface area (TPSA) is 86.1 Å². The number of hydrogen-bond donors (Lipinski definition) is 1. The van der Waals surface area contributed by atoms with Crippen molar-refractivity contribution in [2.75, 3.05) is 7.11 Å². The van der Waals surface area contributed by atoms with E-state index in [-0.39, 0.29) is 5.91 Å². The number of esters is 1. The Bertz CT molecular complexity index is 593. The van der Waals surface area contributed by atoms with E-state index >= 15 is 0 Å². The summed E-state index contributed by atoms with van der Waals surface area (Å²) in [7, 11) is 1.27. The van der Waals surface area contributed by atoms with E-state index in [0.717, 1.165) is 0 Å². The van der Waals surface area contributed by atoms with E-state index in [4.69, 9.17) is 0 Å². The number of imidazole rings is 1. The number of methoxy groups -OCH3 is 1. The first-order valence-corrected chi connectivity index (χ1v) is 5.95. The number of aromatic nitrogens is 3. The van der Waals surface area contributed by atoms with E-state index in [1.807, 2.05) is 0 Å². The molecule has 0 bridgehead atoms. The molecule has 1 atom stereocenters. The normalized spacial score (nSPS) is 11.7. The second-order valence-corrected chi connectivity index (χ2v) is 4.09. The van der Waals surface area contributed by atoms with Gasteiger partial charge in [-0.05, 0) is 19.1 Å². The molecule has 2 aromatic heterocycles. The van der Waals surface area contributed by atoms with Crippen LogP contribution in [-0.4, -0.2) is 39.6 Å². The molecular formula is C13H14N4O3. The Kier molecular flexibility index (Phi) is 4.09. The van der Waals surface area contributed by atoms with Crippen molar-refractivity contribution in [1.29, 1.82) is 0 Å². The number of nitrogens with one attached hydrogen (secondary N) is 1. The van der Waals surface area contributed by atoms with Crippen LogP contribution in [0, 0.1) is 0 Å². The third-order valence-corrected chi connectivity index (χ3v) is 2.68. The molecule has 1 unspecified atom stereocenters. The number of amides is 1. The average molecular weight is 274 g/mol. The Morgan fingerprint density at radius 1 is 1.40 bits per heavy atom. The fourth-order valence-corrected chi connectivity index (χ4v) is 1.58.